The number of hydrogen-bond donors (Lipinski definition) is 1. The predicted molar refractivity (Wildman–Crippen MR) is 126 cm³/mol. The summed E-state index contributed by atoms with van der Waals surface area (Å²) in [6.07, 6.45) is -6.67. The van der Waals surface area contributed by atoms with Gasteiger partial charge in [-0.15, -0.1) is 0 Å². The number of aromatic hydroxyl groups is 1. The smallest absolute Gasteiger partial charge is 0.340 e. The molecule has 4 rings (SSSR count). The number of esters is 3. The third-order valence-electron chi connectivity index (χ3n) is 5.90. The molecule has 2 aliphatic heterocycles. The van der Waals surface area contributed by atoms with E-state index < -0.39 is 54.9 Å². The molecule has 2 saturated heterocycles. The first-order chi connectivity index (χ1) is 18.2. The van der Waals surface area contributed by atoms with Gasteiger partial charge in [0.15, 0.2) is 23.9 Å². The zero-order chi connectivity index (χ0) is 27.4. The highest BCUT2D eigenvalue weighted by Gasteiger charge is 2.54. The largest absolute Gasteiger partial charge is 0.508 e. The van der Waals surface area contributed by atoms with Gasteiger partial charge >= 0.3 is 17.9 Å². The van der Waals surface area contributed by atoms with Crippen molar-refractivity contribution >= 4 is 17.9 Å². The molecule has 0 saturated carbocycles. The van der Waals surface area contributed by atoms with E-state index in [-0.39, 0.29) is 17.9 Å². The van der Waals surface area contributed by atoms with Gasteiger partial charge in [-0.2, -0.15) is 0 Å². The summed E-state index contributed by atoms with van der Waals surface area (Å²) >= 11 is 0. The van der Waals surface area contributed by atoms with Crippen molar-refractivity contribution in [2.45, 2.75) is 50.8 Å². The van der Waals surface area contributed by atoms with Gasteiger partial charge in [0.25, 0.3) is 0 Å². The van der Waals surface area contributed by atoms with E-state index in [4.69, 9.17) is 37.9 Å². The quantitative estimate of drug-likeness (QED) is 0.412. The summed E-state index contributed by atoms with van der Waals surface area (Å²) in [6, 6.07) is 10.6. The maximum atomic E-state index is 13.0. The van der Waals surface area contributed by atoms with Crippen molar-refractivity contribution in [3.63, 3.8) is 0 Å². The van der Waals surface area contributed by atoms with Gasteiger partial charge < -0.3 is 43.0 Å². The predicted octanol–water partition coefficient (Wildman–Crippen LogP) is 2.27. The summed E-state index contributed by atoms with van der Waals surface area (Å²) in [6.45, 7) is 2.33. The zero-order valence-corrected chi connectivity index (χ0v) is 21.2. The number of rotatable bonds is 7. The number of phenols is 1. The molecule has 0 unspecified atom stereocenters. The summed E-state index contributed by atoms with van der Waals surface area (Å²) in [5.41, 5.74) is 0.705. The Balaban J connectivity index is 1.60. The Kier molecular flexibility index (Phi) is 8.35. The molecule has 2 heterocycles. The molecule has 0 spiro atoms. The average Bonchev–Trinajstić information content (AvgIpc) is 2.89. The fourth-order valence-corrected chi connectivity index (χ4v) is 4.22. The summed E-state index contributed by atoms with van der Waals surface area (Å²) in [5.74, 6) is -1.43. The topological polar surface area (TPSA) is 145 Å². The molecule has 12 nitrogen and oxygen atoms in total. The molecule has 2 aromatic carbocycles. The highest BCUT2D eigenvalue weighted by Crippen LogP contribution is 2.37. The van der Waals surface area contributed by atoms with Crippen molar-refractivity contribution < 1.29 is 57.4 Å². The number of methoxy groups -OCH3 is 2. The third-order valence-corrected chi connectivity index (χ3v) is 5.90. The monoisotopic (exact) mass is 532 g/mol. The molecular formula is C26H28O12. The Morgan fingerprint density at radius 1 is 0.842 bits per heavy atom. The van der Waals surface area contributed by atoms with Crippen LogP contribution in [0.2, 0.25) is 0 Å². The number of fused-ring (bicyclic) bond motifs is 1. The van der Waals surface area contributed by atoms with E-state index in [0.29, 0.717) is 17.1 Å². The SMILES string of the molecule is COc1ccc(C(=O)O[C@@H]2O[C@@H]3CO[C@@H](c4ccc(O)cc4)O[C@H]3[C@H](OC(C)=O)[C@H]2OC(C)=O)cc1OC. The number of carbonyl (C=O) groups is 3. The molecule has 0 aromatic heterocycles. The van der Waals surface area contributed by atoms with E-state index in [1.807, 2.05) is 0 Å². The Morgan fingerprint density at radius 2 is 1.50 bits per heavy atom. The van der Waals surface area contributed by atoms with Gasteiger partial charge in [0.05, 0.1) is 26.4 Å². The van der Waals surface area contributed by atoms with Crippen molar-refractivity contribution in [3.8, 4) is 17.2 Å². The van der Waals surface area contributed by atoms with Gasteiger partial charge in [-0.05, 0) is 30.3 Å². The van der Waals surface area contributed by atoms with Gasteiger partial charge in [0, 0.05) is 19.4 Å². The highest BCUT2D eigenvalue weighted by atomic mass is 16.8. The lowest BCUT2D eigenvalue weighted by molar-refractivity contribution is -0.354. The van der Waals surface area contributed by atoms with Gasteiger partial charge in [0.2, 0.25) is 12.4 Å². The van der Waals surface area contributed by atoms with E-state index in [1.165, 1.54) is 51.5 Å². The summed E-state index contributed by atoms with van der Waals surface area (Å²) < 4.78 is 44.8. The second-order valence-electron chi connectivity index (χ2n) is 8.52. The van der Waals surface area contributed by atoms with E-state index >= 15 is 0 Å². The summed E-state index contributed by atoms with van der Waals surface area (Å²) in [5, 5.41) is 9.58. The van der Waals surface area contributed by atoms with Crippen LogP contribution in [0.25, 0.3) is 0 Å². The Morgan fingerprint density at radius 3 is 2.13 bits per heavy atom. The zero-order valence-electron chi connectivity index (χ0n) is 21.2. The maximum absolute atomic E-state index is 13.0. The lowest BCUT2D eigenvalue weighted by atomic mass is 9.97. The van der Waals surface area contributed by atoms with Gasteiger partial charge in [-0.1, -0.05) is 12.1 Å². The van der Waals surface area contributed by atoms with Crippen molar-refractivity contribution in [1.82, 2.24) is 0 Å². The Labute approximate surface area is 218 Å². The van der Waals surface area contributed by atoms with Crippen molar-refractivity contribution in [2.75, 3.05) is 20.8 Å². The van der Waals surface area contributed by atoms with Crippen molar-refractivity contribution in [2.24, 2.45) is 0 Å². The summed E-state index contributed by atoms with van der Waals surface area (Å²) in [4.78, 5) is 37.1. The van der Waals surface area contributed by atoms with Crippen LogP contribution < -0.4 is 9.47 Å². The first-order valence-electron chi connectivity index (χ1n) is 11.7. The van der Waals surface area contributed by atoms with E-state index in [9.17, 15) is 19.5 Å². The van der Waals surface area contributed by atoms with Crippen LogP contribution in [0.15, 0.2) is 42.5 Å². The Hall–Kier alpha value is -3.87. The molecule has 2 aliphatic rings. The molecule has 204 valence electrons. The second kappa shape index (κ2) is 11.7. The minimum absolute atomic E-state index is 0.0226. The van der Waals surface area contributed by atoms with Gasteiger partial charge in [-0.25, -0.2) is 4.79 Å². The molecule has 6 atom stereocenters. The van der Waals surface area contributed by atoms with E-state index in [1.54, 1.807) is 12.1 Å². The molecule has 12 heteroatoms. The molecule has 0 bridgehead atoms. The first kappa shape index (κ1) is 27.2. The van der Waals surface area contributed by atoms with Crippen LogP contribution in [0.5, 0.6) is 17.2 Å². The second-order valence-corrected chi connectivity index (χ2v) is 8.52. The number of carbonyl (C=O) groups excluding carboxylic acids is 3. The van der Waals surface area contributed by atoms with Crippen LogP contribution in [0, 0.1) is 0 Å². The van der Waals surface area contributed by atoms with Crippen LogP contribution in [-0.4, -0.2) is 74.5 Å². The highest BCUT2D eigenvalue weighted by molar-refractivity contribution is 5.90. The first-order valence-corrected chi connectivity index (χ1v) is 11.7. The van der Waals surface area contributed by atoms with E-state index in [2.05, 4.69) is 0 Å². The minimum atomic E-state index is -1.46. The molecular weight excluding hydrogens is 504 g/mol. The van der Waals surface area contributed by atoms with Crippen LogP contribution in [0.1, 0.15) is 36.1 Å². The lowest BCUT2D eigenvalue weighted by Gasteiger charge is -2.47. The number of benzene rings is 2. The normalized spacial score (nSPS) is 26.4. The average molecular weight is 532 g/mol. The van der Waals surface area contributed by atoms with E-state index in [0.717, 1.165) is 6.92 Å². The van der Waals surface area contributed by atoms with Gasteiger partial charge in [0.1, 0.15) is 18.0 Å². The van der Waals surface area contributed by atoms with Crippen LogP contribution in [-0.2, 0) is 38.0 Å². The van der Waals surface area contributed by atoms with Crippen molar-refractivity contribution in [3.05, 3.63) is 53.6 Å². The number of phenolic OH excluding ortho intramolecular Hbond substituents is 1. The number of ether oxygens (including phenoxy) is 8. The van der Waals surface area contributed by atoms with Crippen LogP contribution in [0.4, 0.5) is 0 Å². The molecule has 1 N–H and O–H groups in total. The minimum Gasteiger partial charge on any atom is -0.508 e. The molecule has 0 radical (unpaired) electrons. The molecule has 38 heavy (non-hydrogen) atoms. The number of hydrogen-bond acceptors (Lipinski definition) is 12. The Bertz CT molecular complexity index is 1160. The van der Waals surface area contributed by atoms with Gasteiger partial charge in [-0.3, -0.25) is 9.59 Å². The standard InChI is InChI=1S/C26H28O12/c1-13(27)34-22-21-20(12-33-25(37-21)15-5-8-17(29)9-6-15)36-26(23(22)35-14(2)28)38-24(30)16-7-10-18(31-3)19(11-16)32-4/h5-11,20-23,25-26,29H,12H2,1-4H3/t20-,21-,22+,23-,25-,26+/m1/s1. The summed E-state index contributed by atoms with van der Waals surface area (Å²) in [7, 11) is 2.88. The molecule has 2 fully saturated rings. The fourth-order valence-electron chi connectivity index (χ4n) is 4.22. The molecule has 0 aliphatic carbocycles. The fraction of sp³-hybridized carbons (Fsp3) is 0.423. The van der Waals surface area contributed by atoms with Crippen molar-refractivity contribution in [1.29, 1.82) is 0 Å². The molecule has 2 aromatic rings. The maximum Gasteiger partial charge on any atom is 0.340 e. The van der Waals surface area contributed by atoms with Crippen LogP contribution >= 0.6 is 0 Å². The lowest BCUT2D eigenvalue weighted by Crippen LogP contribution is -2.64. The van der Waals surface area contributed by atoms with Crippen LogP contribution in [0.3, 0.4) is 0 Å². The third kappa shape index (κ3) is 5.98. The molecule has 0 amide bonds.